The van der Waals surface area contributed by atoms with Crippen molar-refractivity contribution in [2.45, 2.75) is 19.9 Å². The molecule has 0 radical (unpaired) electrons. The van der Waals surface area contributed by atoms with E-state index in [0.29, 0.717) is 5.75 Å². The Balaban J connectivity index is 2.43. The van der Waals surface area contributed by atoms with E-state index in [1.165, 1.54) is 0 Å². The van der Waals surface area contributed by atoms with E-state index in [1.54, 1.807) is 19.5 Å². The van der Waals surface area contributed by atoms with Crippen LogP contribution in [0.1, 0.15) is 28.6 Å². The average Bonchev–Trinajstić information content (AvgIpc) is 2.39. The van der Waals surface area contributed by atoms with Crippen LogP contribution in [0.5, 0.6) is 5.75 Å². The number of hydrogen-bond acceptors (Lipinski definition) is 5. The second-order valence-corrected chi connectivity index (χ2v) is 4.44. The fourth-order valence-electron chi connectivity index (χ4n) is 2.12. The Morgan fingerprint density at radius 3 is 2.37 bits per heavy atom. The van der Waals surface area contributed by atoms with Crippen molar-refractivity contribution in [3.05, 3.63) is 53.1 Å². The molecule has 0 aliphatic rings. The number of rotatable bonds is 4. The first-order chi connectivity index (χ1) is 9.13. The van der Waals surface area contributed by atoms with E-state index < -0.39 is 0 Å². The van der Waals surface area contributed by atoms with Crippen LogP contribution in [0.3, 0.4) is 0 Å². The van der Waals surface area contributed by atoms with Gasteiger partial charge in [0.1, 0.15) is 5.75 Å². The maximum absolute atomic E-state index is 5.69. The summed E-state index contributed by atoms with van der Waals surface area (Å²) in [5.74, 6) is 6.40. The van der Waals surface area contributed by atoms with Crippen molar-refractivity contribution in [3.63, 3.8) is 0 Å². The number of nitrogens with one attached hydrogen (secondary N) is 1. The molecule has 1 unspecified atom stereocenters. The molecule has 2 rings (SSSR count). The molecular weight excluding hydrogens is 240 g/mol. The zero-order chi connectivity index (χ0) is 13.8. The fourth-order valence-corrected chi connectivity index (χ4v) is 2.12. The van der Waals surface area contributed by atoms with Gasteiger partial charge in [0.25, 0.3) is 0 Å². The molecule has 1 atom stereocenters. The van der Waals surface area contributed by atoms with E-state index in [1.807, 2.05) is 32.0 Å². The molecule has 100 valence electrons. The highest BCUT2D eigenvalue weighted by atomic mass is 16.5. The zero-order valence-corrected chi connectivity index (χ0v) is 11.3. The number of nitrogens with zero attached hydrogens (tertiary/aromatic N) is 2. The minimum atomic E-state index is -0.136. The highest BCUT2D eigenvalue weighted by Crippen LogP contribution is 2.24. The summed E-state index contributed by atoms with van der Waals surface area (Å²) in [7, 11) is 1.62. The van der Waals surface area contributed by atoms with Crippen LogP contribution in [-0.4, -0.2) is 17.1 Å². The van der Waals surface area contributed by atoms with Gasteiger partial charge in [0.05, 0.1) is 19.3 Å². The minimum absolute atomic E-state index is 0.136. The van der Waals surface area contributed by atoms with Crippen LogP contribution in [0.25, 0.3) is 0 Å². The van der Waals surface area contributed by atoms with E-state index in [4.69, 9.17) is 10.6 Å². The van der Waals surface area contributed by atoms with Crippen LogP contribution >= 0.6 is 0 Å². The molecule has 0 amide bonds. The lowest BCUT2D eigenvalue weighted by molar-refractivity contribution is 0.411. The normalized spacial score (nSPS) is 12.2. The van der Waals surface area contributed by atoms with Gasteiger partial charge in [-0.25, -0.2) is 5.43 Å². The molecule has 0 bridgehead atoms. The molecule has 0 saturated carbocycles. The molecule has 0 aromatic carbocycles. The molecule has 2 aromatic heterocycles. The largest absolute Gasteiger partial charge is 0.495 e. The number of ether oxygens (including phenoxy) is 1. The summed E-state index contributed by atoms with van der Waals surface area (Å²) in [6, 6.07) is 5.80. The van der Waals surface area contributed by atoms with E-state index in [2.05, 4.69) is 15.4 Å². The molecule has 3 N–H and O–H groups in total. The predicted molar refractivity (Wildman–Crippen MR) is 73.7 cm³/mol. The van der Waals surface area contributed by atoms with Gasteiger partial charge in [-0.2, -0.15) is 0 Å². The van der Waals surface area contributed by atoms with Gasteiger partial charge in [0.2, 0.25) is 0 Å². The van der Waals surface area contributed by atoms with Gasteiger partial charge in [-0.1, -0.05) is 0 Å². The number of aryl methyl sites for hydroxylation is 2. The lowest BCUT2D eigenvalue weighted by Gasteiger charge is -2.18. The van der Waals surface area contributed by atoms with Gasteiger partial charge in [-0.15, -0.1) is 0 Å². The van der Waals surface area contributed by atoms with Crippen LogP contribution in [0.15, 0.2) is 30.6 Å². The van der Waals surface area contributed by atoms with Crippen LogP contribution in [0.2, 0.25) is 0 Å². The summed E-state index contributed by atoms with van der Waals surface area (Å²) in [6.07, 6.45) is 3.44. The van der Waals surface area contributed by atoms with Crippen molar-refractivity contribution in [2.75, 3.05) is 7.11 Å². The van der Waals surface area contributed by atoms with Gasteiger partial charge in [0.15, 0.2) is 0 Å². The molecule has 2 aromatic rings. The Morgan fingerprint density at radius 2 is 1.79 bits per heavy atom. The van der Waals surface area contributed by atoms with E-state index in [0.717, 1.165) is 22.5 Å². The van der Waals surface area contributed by atoms with Gasteiger partial charge < -0.3 is 4.74 Å². The van der Waals surface area contributed by atoms with E-state index in [-0.39, 0.29) is 6.04 Å². The highest BCUT2D eigenvalue weighted by molar-refractivity contribution is 5.35. The summed E-state index contributed by atoms with van der Waals surface area (Å²) in [5, 5.41) is 0. The first kappa shape index (κ1) is 13.5. The van der Waals surface area contributed by atoms with Crippen LogP contribution < -0.4 is 16.0 Å². The molecule has 19 heavy (non-hydrogen) atoms. The molecule has 5 heteroatoms. The quantitative estimate of drug-likeness (QED) is 0.644. The summed E-state index contributed by atoms with van der Waals surface area (Å²) >= 11 is 0. The Morgan fingerprint density at radius 1 is 1.11 bits per heavy atom. The number of pyridine rings is 2. The summed E-state index contributed by atoms with van der Waals surface area (Å²) < 4.78 is 5.19. The Labute approximate surface area is 112 Å². The Kier molecular flexibility index (Phi) is 4.09. The van der Waals surface area contributed by atoms with Crippen molar-refractivity contribution >= 4 is 0 Å². The van der Waals surface area contributed by atoms with Gasteiger partial charge in [-0.05, 0) is 43.2 Å². The van der Waals surface area contributed by atoms with Gasteiger partial charge in [0, 0.05) is 17.6 Å². The average molecular weight is 258 g/mol. The van der Waals surface area contributed by atoms with Gasteiger partial charge >= 0.3 is 0 Å². The smallest absolute Gasteiger partial charge is 0.137 e. The number of nitrogens with two attached hydrogens (primary N) is 1. The molecule has 0 spiro atoms. The maximum atomic E-state index is 5.69. The fraction of sp³-hybridized carbons (Fsp3) is 0.286. The molecule has 0 saturated heterocycles. The lowest BCUT2D eigenvalue weighted by Crippen LogP contribution is -2.29. The molecule has 0 fully saturated rings. The van der Waals surface area contributed by atoms with Crippen molar-refractivity contribution < 1.29 is 4.74 Å². The summed E-state index contributed by atoms with van der Waals surface area (Å²) in [4.78, 5) is 8.53. The standard InChI is InChI=1S/C14H18N4O/c1-9-4-11(5-10(2)17-9)14(18-15)12-6-13(19-3)8-16-7-12/h4-8,14,18H,15H2,1-3H3. The summed E-state index contributed by atoms with van der Waals surface area (Å²) in [6.45, 7) is 3.93. The molecule has 5 nitrogen and oxygen atoms in total. The number of methoxy groups -OCH3 is 1. The second kappa shape index (κ2) is 5.77. The predicted octanol–water partition coefficient (Wildman–Crippen LogP) is 1.65. The van der Waals surface area contributed by atoms with Crippen molar-refractivity contribution in [1.29, 1.82) is 0 Å². The van der Waals surface area contributed by atoms with Crippen molar-refractivity contribution in [3.8, 4) is 5.75 Å². The highest BCUT2D eigenvalue weighted by Gasteiger charge is 2.14. The number of hydrazine groups is 1. The van der Waals surface area contributed by atoms with Crippen LogP contribution in [0, 0.1) is 13.8 Å². The zero-order valence-electron chi connectivity index (χ0n) is 11.3. The minimum Gasteiger partial charge on any atom is -0.495 e. The first-order valence-electron chi connectivity index (χ1n) is 6.04. The van der Waals surface area contributed by atoms with Crippen LogP contribution in [-0.2, 0) is 0 Å². The molecular formula is C14H18N4O. The summed E-state index contributed by atoms with van der Waals surface area (Å²) in [5.41, 5.74) is 6.75. The second-order valence-electron chi connectivity index (χ2n) is 4.44. The van der Waals surface area contributed by atoms with Crippen molar-refractivity contribution in [2.24, 2.45) is 5.84 Å². The van der Waals surface area contributed by atoms with Gasteiger partial charge in [-0.3, -0.25) is 15.8 Å². The third-order valence-electron chi connectivity index (χ3n) is 2.91. The van der Waals surface area contributed by atoms with Crippen LogP contribution in [0.4, 0.5) is 0 Å². The molecule has 0 aliphatic heterocycles. The maximum Gasteiger partial charge on any atom is 0.137 e. The van der Waals surface area contributed by atoms with E-state index >= 15 is 0 Å². The molecule has 0 aliphatic carbocycles. The van der Waals surface area contributed by atoms with E-state index in [9.17, 15) is 0 Å². The first-order valence-corrected chi connectivity index (χ1v) is 6.04. The monoisotopic (exact) mass is 258 g/mol. The number of hydrogen-bond donors (Lipinski definition) is 2. The third-order valence-corrected chi connectivity index (χ3v) is 2.91. The third kappa shape index (κ3) is 3.07. The number of aromatic nitrogens is 2. The topological polar surface area (TPSA) is 73.1 Å². The Hall–Kier alpha value is -1.98. The molecule has 2 heterocycles. The van der Waals surface area contributed by atoms with Crippen molar-refractivity contribution in [1.82, 2.24) is 15.4 Å². The lowest BCUT2D eigenvalue weighted by atomic mass is 10.00. The Bertz CT molecular complexity index is 551. The SMILES string of the molecule is COc1cncc(C(NN)c2cc(C)nc(C)c2)c1.